The maximum absolute atomic E-state index is 13.4. The minimum Gasteiger partial charge on any atom is -0.426 e. The molecule has 2 heterocycles. The number of ketones is 1. The molecule has 5 nitrogen and oxygen atoms in total. The van der Waals surface area contributed by atoms with E-state index in [2.05, 4.69) is 10.6 Å². The molecule has 1 fully saturated rings. The van der Waals surface area contributed by atoms with E-state index in [1.54, 1.807) is 0 Å². The van der Waals surface area contributed by atoms with E-state index in [-0.39, 0.29) is 17.8 Å². The van der Waals surface area contributed by atoms with Crippen molar-refractivity contribution >= 4 is 11.8 Å². The summed E-state index contributed by atoms with van der Waals surface area (Å²) >= 11 is 0. The van der Waals surface area contributed by atoms with Gasteiger partial charge in [-0.15, -0.1) is 0 Å². The topological polar surface area (TPSA) is 67.4 Å². The van der Waals surface area contributed by atoms with Crippen LogP contribution in [-0.2, 0) is 14.3 Å². The number of esters is 1. The fraction of sp³-hybridized carbons (Fsp3) is 0.455. The number of nitrogens with one attached hydrogen (secondary N) is 2. The van der Waals surface area contributed by atoms with E-state index in [9.17, 15) is 14.0 Å². The summed E-state index contributed by atoms with van der Waals surface area (Å²) in [5.41, 5.74) is -0.561. The number of carbonyl (C=O) groups is 2. The van der Waals surface area contributed by atoms with Crippen LogP contribution in [0.3, 0.4) is 0 Å². The summed E-state index contributed by atoms with van der Waals surface area (Å²) in [6, 6.07) is 0. The summed E-state index contributed by atoms with van der Waals surface area (Å²) in [7, 11) is 0. The van der Waals surface area contributed by atoms with Crippen molar-refractivity contribution in [2.45, 2.75) is 18.1 Å². The molecule has 17 heavy (non-hydrogen) atoms. The van der Waals surface area contributed by atoms with Crippen LogP contribution in [0.1, 0.15) is 6.42 Å². The molecule has 3 aliphatic rings. The quantitative estimate of drug-likeness (QED) is 0.560. The number of allylic oxidation sites excluding steroid dienone is 2. The predicted octanol–water partition coefficient (Wildman–Crippen LogP) is -0.447. The first-order valence-electron chi connectivity index (χ1n) is 5.40. The number of rotatable bonds is 0. The lowest BCUT2D eigenvalue weighted by Crippen LogP contribution is -2.53. The van der Waals surface area contributed by atoms with Crippen molar-refractivity contribution in [3.8, 4) is 0 Å². The average Bonchev–Trinajstić information content (AvgIpc) is 2.72. The normalized spacial score (nSPS) is 36.4. The highest BCUT2D eigenvalue weighted by Gasteiger charge is 2.50. The molecule has 3 rings (SSSR count). The third-order valence-corrected chi connectivity index (χ3v) is 3.29. The Kier molecular flexibility index (Phi) is 2.17. The molecule has 90 valence electrons. The van der Waals surface area contributed by atoms with Gasteiger partial charge in [-0.1, -0.05) is 0 Å². The standard InChI is InChI=1S/C11H11FN2O3/c12-6-1-2-7-9(10(6)16)11(3-8(15)17-7)4-13-5-14-11/h1-2,6,13-14H,3-5H2. The zero-order chi connectivity index (χ0) is 12.0. The summed E-state index contributed by atoms with van der Waals surface area (Å²) in [4.78, 5) is 23.4. The maximum atomic E-state index is 13.4. The molecule has 0 saturated carbocycles. The molecule has 1 spiro atoms. The van der Waals surface area contributed by atoms with Crippen LogP contribution in [0, 0.1) is 0 Å². The van der Waals surface area contributed by atoms with E-state index in [4.69, 9.17) is 4.74 Å². The van der Waals surface area contributed by atoms with Crippen molar-refractivity contribution in [3.63, 3.8) is 0 Å². The second-order valence-electron chi connectivity index (χ2n) is 4.38. The van der Waals surface area contributed by atoms with Gasteiger partial charge in [0.05, 0.1) is 17.5 Å². The van der Waals surface area contributed by atoms with E-state index in [0.29, 0.717) is 13.2 Å². The van der Waals surface area contributed by atoms with Gasteiger partial charge in [-0.3, -0.25) is 14.9 Å². The number of carbonyl (C=O) groups excluding carboxylic acids is 2. The lowest BCUT2D eigenvalue weighted by Gasteiger charge is -2.36. The molecule has 0 radical (unpaired) electrons. The third-order valence-electron chi connectivity index (χ3n) is 3.29. The van der Waals surface area contributed by atoms with E-state index in [0.717, 1.165) is 6.08 Å². The van der Waals surface area contributed by atoms with Crippen LogP contribution < -0.4 is 10.6 Å². The molecule has 0 aromatic rings. The van der Waals surface area contributed by atoms with Crippen molar-refractivity contribution in [1.29, 1.82) is 0 Å². The van der Waals surface area contributed by atoms with Gasteiger partial charge in [-0.05, 0) is 12.2 Å². The Morgan fingerprint density at radius 3 is 3.00 bits per heavy atom. The summed E-state index contributed by atoms with van der Waals surface area (Å²) in [5.74, 6) is -0.850. The fourth-order valence-corrected chi connectivity index (χ4v) is 2.52. The van der Waals surface area contributed by atoms with Gasteiger partial charge in [0.1, 0.15) is 5.76 Å². The summed E-state index contributed by atoms with van der Waals surface area (Å²) in [6.07, 6.45) is 0.867. The Bertz CT molecular complexity index is 463. The predicted molar refractivity (Wildman–Crippen MR) is 55.5 cm³/mol. The van der Waals surface area contributed by atoms with Crippen LogP contribution >= 0.6 is 0 Å². The van der Waals surface area contributed by atoms with E-state index >= 15 is 0 Å². The second kappa shape index (κ2) is 3.48. The zero-order valence-corrected chi connectivity index (χ0v) is 8.96. The minimum absolute atomic E-state index is 0.0468. The van der Waals surface area contributed by atoms with Crippen molar-refractivity contribution in [1.82, 2.24) is 10.6 Å². The van der Waals surface area contributed by atoms with Crippen LogP contribution in [0.5, 0.6) is 0 Å². The first-order chi connectivity index (χ1) is 8.12. The van der Waals surface area contributed by atoms with Crippen molar-refractivity contribution in [3.05, 3.63) is 23.5 Å². The number of Topliss-reactive ketones (excluding diaryl/α,β-unsaturated/α-hetero) is 1. The molecule has 1 saturated heterocycles. The maximum Gasteiger partial charge on any atom is 0.313 e. The minimum atomic E-state index is -1.65. The number of ether oxygens (including phenoxy) is 1. The van der Waals surface area contributed by atoms with Crippen LogP contribution in [0.4, 0.5) is 4.39 Å². The van der Waals surface area contributed by atoms with Gasteiger partial charge < -0.3 is 10.1 Å². The molecule has 0 amide bonds. The van der Waals surface area contributed by atoms with E-state index in [1.807, 2.05) is 0 Å². The van der Waals surface area contributed by atoms with Crippen molar-refractivity contribution in [2.24, 2.45) is 0 Å². The Morgan fingerprint density at radius 1 is 1.47 bits per heavy atom. The Hall–Kier alpha value is -1.53. The largest absolute Gasteiger partial charge is 0.426 e. The molecule has 6 heteroatoms. The van der Waals surface area contributed by atoms with Crippen molar-refractivity contribution in [2.75, 3.05) is 13.2 Å². The highest BCUT2D eigenvalue weighted by atomic mass is 19.1. The smallest absolute Gasteiger partial charge is 0.313 e. The molecule has 0 bridgehead atoms. The number of alkyl halides is 1. The number of hydrogen-bond donors (Lipinski definition) is 2. The SMILES string of the molecule is O=C1CC2(CNCN2)C2=C(C=CC(F)C2=O)O1. The van der Waals surface area contributed by atoms with Crippen molar-refractivity contribution < 1.29 is 18.7 Å². The molecule has 2 unspecified atom stereocenters. The van der Waals surface area contributed by atoms with Crippen LogP contribution in [0.25, 0.3) is 0 Å². The Morgan fingerprint density at radius 2 is 2.29 bits per heavy atom. The third kappa shape index (κ3) is 1.44. The molecular formula is C11H11FN2O3. The van der Waals surface area contributed by atoms with Crippen LogP contribution in [-0.4, -0.2) is 36.7 Å². The summed E-state index contributed by atoms with van der Waals surface area (Å²) < 4.78 is 18.4. The molecule has 0 aromatic carbocycles. The average molecular weight is 238 g/mol. The molecule has 2 atom stereocenters. The van der Waals surface area contributed by atoms with Crippen LogP contribution in [0.2, 0.25) is 0 Å². The van der Waals surface area contributed by atoms with E-state index < -0.39 is 23.5 Å². The first-order valence-corrected chi connectivity index (χ1v) is 5.40. The lowest BCUT2D eigenvalue weighted by atomic mass is 9.79. The van der Waals surface area contributed by atoms with E-state index in [1.165, 1.54) is 6.08 Å². The monoisotopic (exact) mass is 238 g/mol. The highest BCUT2D eigenvalue weighted by molar-refractivity contribution is 6.05. The molecular weight excluding hydrogens is 227 g/mol. The summed E-state index contributed by atoms with van der Waals surface area (Å²) in [6.45, 7) is 0.908. The number of hydrogen-bond acceptors (Lipinski definition) is 5. The molecule has 2 aliphatic heterocycles. The molecule has 2 N–H and O–H groups in total. The lowest BCUT2D eigenvalue weighted by molar-refractivity contribution is -0.142. The van der Waals surface area contributed by atoms with Gasteiger partial charge in [-0.2, -0.15) is 0 Å². The highest BCUT2D eigenvalue weighted by Crippen LogP contribution is 2.36. The second-order valence-corrected chi connectivity index (χ2v) is 4.38. The number of halogens is 1. The first kappa shape index (κ1) is 10.6. The van der Waals surface area contributed by atoms with Gasteiger partial charge in [0.25, 0.3) is 0 Å². The zero-order valence-electron chi connectivity index (χ0n) is 8.96. The van der Waals surface area contributed by atoms with Gasteiger partial charge in [-0.25, -0.2) is 4.39 Å². The Labute approximate surface area is 96.7 Å². The Balaban J connectivity index is 2.13. The number of fused-ring (bicyclic) bond motifs is 1. The van der Waals surface area contributed by atoms with Gasteiger partial charge in [0, 0.05) is 13.2 Å². The fourth-order valence-electron chi connectivity index (χ4n) is 2.52. The van der Waals surface area contributed by atoms with Crippen LogP contribution in [0.15, 0.2) is 23.5 Å². The molecule has 1 aliphatic carbocycles. The van der Waals surface area contributed by atoms with Gasteiger partial charge in [0.2, 0.25) is 5.78 Å². The summed E-state index contributed by atoms with van der Waals surface area (Å²) in [5, 5.41) is 6.08. The molecule has 0 aromatic heterocycles. The van der Waals surface area contributed by atoms with Gasteiger partial charge in [0.15, 0.2) is 6.17 Å². The van der Waals surface area contributed by atoms with Gasteiger partial charge >= 0.3 is 5.97 Å².